The van der Waals surface area contributed by atoms with Crippen molar-refractivity contribution < 1.29 is 127 Å². The number of amides is 8. The van der Waals surface area contributed by atoms with Gasteiger partial charge in [0, 0.05) is 47.0 Å². The van der Waals surface area contributed by atoms with E-state index in [1.807, 2.05) is 6.07 Å². The molecule has 7 aromatic rings. The smallest absolute Gasteiger partial charge is 0.322 e. The number of nitrogens with one attached hydrogen (secondary N) is 8. The van der Waals surface area contributed by atoms with Crippen LogP contribution < -0.4 is 72.9 Å². The molecule has 2 fully saturated rings. The number of fused-ring (bicyclic) bond motifs is 15. The Morgan fingerprint density at radius 3 is 2.06 bits per heavy atom. The van der Waals surface area contributed by atoms with Crippen molar-refractivity contribution in [2.75, 3.05) is 19.8 Å². The van der Waals surface area contributed by atoms with Crippen LogP contribution in [0.4, 0.5) is 0 Å². The molecule has 0 radical (unpaired) electrons. The van der Waals surface area contributed by atoms with Gasteiger partial charge in [-0.2, -0.15) is 0 Å². The predicted molar refractivity (Wildman–Crippen MR) is 415 cm³/mol. The number of carboxylic acids is 1. The zero-order valence-electron chi connectivity index (χ0n) is 62.6. The Morgan fingerprint density at radius 1 is 0.737 bits per heavy atom. The van der Waals surface area contributed by atoms with E-state index in [0.717, 1.165) is 72.3 Å². The number of aliphatic hydroxyl groups excluding tert-OH is 6. The standard InChI is InChI=1S/C79H84Cl2N10O26S/c1-4-5-17-111-40-9-6-8-34(19-40)30-85-79(3)29-57(112-33(2)70(79)103)116-69-67(102)66(101)54(32-92)115-78(69)117-68-52-23-38-24-53(68)114-51-16-13-37(22-45(51)81)65(100)63-77(110)89-61(73(106)84-31-56(97)98)43-25-39(93)26-49(95)58(43)42-20-35(11-14-48(42)94)59(74(107)91-63)88-75(108)60(38)87-72(105)47(28-55(83)96)86-76(109)62(64(99)36-12-15-50(113-52)44(80)21-36)90-71(104)46(82)27-41-10-7-18-118-41/h4,6-16,18-26,33,46-47,54,57,59-67,69-70,78,85,92-95,99-103H,1,5,17,27-32,82H2,2-3H3,(H2,83,96)(H,84,106)(H,86,109)(H,87,105)(H,88,108)(H,89,110)(H,90,104)(H,91,107)(H,97,98)/t33-,46-,47-,54+,57-,59+,60+,61-,62+,63-,64+,65+,66+,67-,69+,70+,78-,79-/m0/s1. The van der Waals surface area contributed by atoms with E-state index in [1.165, 1.54) is 23.5 Å². The zero-order chi connectivity index (χ0) is 84.9. The number of carbonyl (C=O) groups is 9. The van der Waals surface area contributed by atoms with E-state index in [2.05, 4.69) is 49.1 Å². The van der Waals surface area contributed by atoms with E-state index in [1.54, 1.807) is 55.6 Å². The molecule has 6 aromatic carbocycles. The summed E-state index contributed by atoms with van der Waals surface area (Å²) in [6, 6.07) is 9.13. The van der Waals surface area contributed by atoms with Crippen molar-refractivity contribution in [1.29, 1.82) is 0 Å². The molecule has 14 rings (SSSR count). The van der Waals surface area contributed by atoms with Crippen molar-refractivity contribution in [2.45, 2.75) is 155 Å². The number of halogens is 2. The van der Waals surface area contributed by atoms with Crippen molar-refractivity contribution in [2.24, 2.45) is 11.5 Å². The van der Waals surface area contributed by atoms with Crippen LogP contribution in [0.15, 0.2) is 133 Å². The van der Waals surface area contributed by atoms with Crippen molar-refractivity contribution in [3.8, 4) is 62.9 Å². The number of carboxylic acid groups (broad SMARTS) is 1. The normalized spacial score (nSPS) is 26.7. The topological polar surface area (TPSA) is 569 Å². The molecule has 1 aromatic heterocycles. The average molecular weight is 1690 g/mol. The molecule has 118 heavy (non-hydrogen) atoms. The van der Waals surface area contributed by atoms with Crippen LogP contribution in [0.3, 0.4) is 0 Å². The highest BCUT2D eigenvalue weighted by molar-refractivity contribution is 7.09. The summed E-state index contributed by atoms with van der Waals surface area (Å²) < 4.78 is 45.3. The summed E-state index contributed by atoms with van der Waals surface area (Å²) in [5.41, 5.74) is 8.64. The summed E-state index contributed by atoms with van der Waals surface area (Å²) in [5.74, 6) is -17.0. The van der Waals surface area contributed by atoms with Gasteiger partial charge >= 0.3 is 5.97 Å². The lowest BCUT2D eigenvalue weighted by Crippen LogP contribution is -2.65. The Labute approximate surface area is 685 Å². The average Bonchev–Trinajstić information content (AvgIpc) is 0.922. The minimum Gasteiger partial charge on any atom is -0.508 e. The number of primary amides is 1. The fraction of sp³-hybridized carbons (Fsp3) is 0.354. The van der Waals surface area contributed by atoms with Crippen LogP contribution in [-0.4, -0.2) is 203 Å². The van der Waals surface area contributed by atoms with Crippen molar-refractivity contribution >= 4 is 87.8 Å². The first-order chi connectivity index (χ1) is 56.2. The minimum absolute atomic E-state index is 0.0679. The number of aliphatic hydroxyl groups is 6. The first-order valence-corrected chi connectivity index (χ1v) is 38.4. The zero-order valence-corrected chi connectivity index (χ0v) is 65.0. The molecule has 0 saturated carbocycles. The Morgan fingerprint density at radius 2 is 1.41 bits per heavy atom. The minimum atomic E-state index is -2.40. The number of nitrogens with two attached hydrogens (primary N) is 2. The van der Waals surface area contributed by atoms with Gasteiger partial charge in [-0.05, 0) is 132 Å². The number of hydrogen-bond acceptors (Lipinski definition) is 28. The highest BCUT2D eigenvalue weighted by Crippen LogP contribution is 2.50. The molecule has 0 aliphatic carbocycles. The highest BCUT2D eigenvalue weighted by Gasteiger charge is 2.52. The molecular weight excluding hydrogens is 1610 g/mol. The lowest BCUT2D eigenvalue weighted by atomic mass is 9.84. The third kappa shape index (κ3) is 19.3. The van der Waals surface area contributed by atoms with Gasteiger partial charge in [0.05, 0.1) is 47.9 Å². The number of hydrogen-bond donors (Lipinski definition) is 20. The molecule has 11 bridgehead atoms. The number of ether oxygens (including phenoxy) is 7. The predicted octanol–water partition coefficient (Wildman–Crippen LogP) is 2.01. The van der Waals surface area contributed by atoms with Crippen LogP contribution in [-0.2, 0) is 70.3 Å². The Balaban J connectivity index is 1.05. The molecule has 8 heterocycles. The lowest BCUT2D eigenvalue weighted by Gasteiger charge is -2.48. The Bertz CT molecular complexity index is 5010. The summed E-state index contributed by atoms with van der Waals surface area (Å²) in [7, 11) is 0. The molecule has 0 unspecified atom stereocenters. The van der Waals surface area contributed by atoms with E-state index in [9.17, 15) is 75.0 Å². The van der Waals surface area contributed by atoms with Crippen molar-refractivity contribution in [3.05, 3.63) is 182 Å². The van der Waals surface area contributed by atoms with Crippen LogP contribution >= 0.6 is 34.5 Å². The number of phenols is 3. The monoisotopic (exact) mass is 1690 g/mol. The van der Waals surface area contributed by atoms with Gasteiger partial charge in [0.15, 0.2) is 23.9 Å². The maximum Gasteiger partial charge on any atom is 0.322 e. The molecule has 0 spiro atoms. The number of phenolic OH excluding ortho intramolecular Hbond substituents is 3. The van der Waals surface area contributed by atoms with Gasteiger partial charge in [-0.1, -0.05) is 65.7 Å². The molecule has 2 saturated heterocycles. The van der Waals surface area contributed by atoms with Crippen LogP contribution in [0.2, 0.25) is 10.0 Å². The van der Waals surface area contributed by atoms with E-state index in [0.29, 0.717) is 23.7 Å². The quantitative estimate of drug-likeness (QED) is 0.0361. The summed E-state index contributed by atoms with van der Waals surface area (Å²) in [4.78, 5) is 132. The number of carbonyl (C=O) groups excluding carboxylic acids is 8. The lowest BCUT2D eigenvalue weighted by molar-refractivity contribution is -0.334. The van der Waals surface area contributed by atoms with Crippen LogP contribution in [0, 0.1) is 0 Å². The summed E-state index contributed by atoms with van der Waals surface area (Å²) >= 11 is 15.6. The summed E-state index contributed by atoms with van der Waals surface area (Å²) in [5, 5.41) is 137. The highest BCUT2D eigenvalue weighted by atomic mass is 35.5. The molecule has 22 N–H and O–H groups in total. The molecule has 39 heteroatoms. The molecule has 8 amide bonds. The van der Waals surface area contributed by atoms with Crippen LogP contribution in [0.5, 0.6) is 51.7 Å². The van der Waals surface area contributed by atoms with Gasteiger partial charge in [0.2, 0.25) is 59.3 Å². The Hall–Kier alpha value is -11.3. The molecular formula is C79H84Cl2N10O26S. The van der Waals surface area contributed by atoms with Gasteiger partial charge in [0.1, 0.15) is 108 Å². The summed E-state index contributed by atoms with van der Waals surface area (Å²) in [6.07, 6.45) is -17.0. The molecule has 18 atom stereocenters. The molecule has 36 nitrogen and oxygen atoms in total. The number of benzene rings is 6. The van der Waals surface area contributed by atoms with E-state index < -0.39 is 260 Å². The van der Waals surface area contributed by atoms with Gasteiger partial charge in [-0.3, -0.25) is 43.2 Å². The number of rotatable bonds is 21. The van der Waals surface area contributed by atoms with Crippen LogP contribution in [0.1, 0.15) is 102 Å². The number of aliphatic carboxylic acids is 1. The first kappa shape index (κ1) is 86.1. The number of thiophene rings is 1. The first-order valence-electron chi connectivity index (χ1n) is 36.8. The Kier molecular flexibility index (Phi) is 26.8. The second kappa shape index (κ2) is 36.7. The van der Waals surface area contributed by atoms with E-state index in [4.69, 9.17) is 67.8 Å². The van der Waals surface area contributed by atoms with Crippen LogP contribution in [0.25, 0.3) is 11.1 Å². The second-order valence-electron chi connectivity index (χ2n) is 28.7. The fourth-order valence-corrected chi connectivity index (χ4v) is 15.4. The largest absolute Gasteiger partial charge is 0.508 e. The summed E-state index contributed by atoms with van der Waals surface area (Å²) in [6.45, 7) is 5.43. The van der Waals surface area contributed by atoms with Gasteiger partial charge in [0.25, 0.3) is 0 Å². The SMILES string of the molecule is C=CCCOc1cccc(CN[C@@]2(C)C[C@H](O[C@H]3[C@H](Oc4c5cc6cc4Oc4ccc(cc4Cl)[C@@H](O)[C@@H](NC(=O)[C@@H](N)Cc4cccs4)C(=O)N[C@@H](CC(N)=O)C(=O)N[C@H]6C(=O)N[C@H]4C(=O)N[C@H](C(=O)N[C@H](C(=O)NCC(=O)O)c6cc(O)cc(O)c6-c6cc4ccc6O)[C@H](O)c4ccc(c(Cl)c4)O5)O[C@H](CO)[C@@H](O)[C@@H]3O)O[C@@H](C)[C@H]2O)c1. The molecule has 7 aliphatic heterocycles. The van der Waals surface area contributed by atoms with E-state index >= 15 is 19.2 Å². The molecule has 626 valence electrons. The molecule has 7 aliphatic rings. The third-order valence-electron chi connectivity index (χ3n) is 20.3. The van der Waals surface area contributed by atoms with Crippen molar-refractivity contribution in [3.63, 3.8) is 0 Å². The van der Waals surface area contributed by atoms with Crippen molar-refractivity contribution in [1.82, 2.24) is 42.5 Å². The third-order valence-corrected chi connectivity index (χ3v) is 21.8. The maximum absolute atomic E-state index is 16.3. The van der Waals surface area contributed by atoms with Gasteiger partial charge in [-0.15, -0.1) is 17.9 Å². The number of aromatic hydroxyl groups is 3. The second-order valence-corrected chi connectivity index (χ2v) is 30.6. The maximum atomic E-state index is 16.3. The fourth-order valence-electron chi connectivity index (χ4n) is 14.1. The van der Waals surface area contributed by atoms with Gasteiger partial charge < -0.3 is 138 Å². The van der Waals surface area contributed by atoms with E-state index in [-0.39, 0.29) is 36.3 Å². The van der Waals surface area contributed by atoms with Gasteiger partial charge in [-0.25, -0.2) is 0 Å².